The van der Waals surface area contributed by atoms with E-state index in [0.717, 1.165) is 63.0 Å². The molecule has 2 saturated heterocycles. The fraction of sp³-hybridized carbons (Fsp3) is 0.438. The minimum Gasteiger partial charge on any atom is -0.371 e. The maximum absolute atomic E-state index is 13.2. The molecular formula is C32H41N2O4PS2. The normalized spacial score (nSPS) is 18.0. The number of sulfone groups is 2. The zero-order valence-corrected chi connectivity index (χ0v) is 26.4. The smallest absolute Gasteiger partial charge is 0.178 e. The molecule has 0 amide bonds. The van der Waals surface area contributed by atoms with E-state index in [9.17, 15) is 16.8 Å². The molecule has 3 aromatic carbocycles. The Labute approximate surface area is 248 Å². The zero-order valence-electron chi connectivity index (χ0n) is 23.6. The Morgan fingerprint density at radius 2 is 1.07 bits per heavy atom. The average Bonchev–Trinajstić information content (AvgIpc) is 3.00. The van der Waals surface area contributed by atoms with Crippen molar-refractivity contribution in [2.24, 2.45) is 0 Å². The summed E-state index contributed by atoms with van der Waals surface area (Å²) in [5.74, 6) is 0.612. The highest BCUT2D eigenvalue weighted by Crippen LogP contribution is 2.32. The lowest BCUT2D eigenvalue weighted by atomic mass is 9.89. The van der Waals surface area contributed by atoms with Crippen LogP contribution in [0.2, 0.25) is 0 Å². The van der Waals surface area contributed by atoms with Gasteiger partial charge in [0.1, 0.15) is 0 Å². The Bertz CT molecular complexity index is 1510. The van der Waals surface area contributed by atoms with Gasteiger partial charge in [0.25, 0.3) is 0 Å². The molecule has 2 aliphatic heterocycles. The standard InChI is InChI=1S/C32H41N2O4PS2/c35-40(36,31-12-6-8-28(24-31)26-14-18-33(19-15-26)30-10-2-1-3-11-30)22-4-5-23-41(37,38)32-13-7-9-29(25-32)27-16-20-34(39)21-17-27/h1-3,6-13,24-27H,4-5,14-23,39H2. The minimum atomic E-state index is -3.49. The Kier molecular flexibility index (Phi) is 9.85. The number of benzene rings is 3. The van der Waals surface area contributed by atoms with Crippen LogP contribution in [0.1, 0.15) is 61.5 Å². The predicted octanol–water partition coefficient (Wildman–Crippen LogP) is 6.07. The molecule has 0 saturated carbocycles. The first-order valence-corrected chi connectivity index (χ1v) is 18.5. The van der Waals surface area contributed by atoms with Crippen molar-refractivity contribution in [2.45, 2.75) is 60.2 Å². The molecule has 6 nitrogen and oxygen atoms in total. The molecule has 3 aromatic rings. The molecule has 1 unspecified atom stereocenters. The summed E-state index contributed by atoms with van der Waals surface area (Å²) in [6, 6.07) is 25.1. The third kappa shape index (κ3) is 7.78. The van der Waals surface area contributed by atoms with Gasteiger partial charge in [-0.15, -0.1) is 0 Å². The maximum atomic E-state index is 13.2. The van der Waals surface area contributed by atoms with Crippen LogP contribution in [0.5, 0.6) is 0 Å². The van der Waals surface area contributed by atoms with Crippen molar-refractivity contribution in [1.29, 1.82) is 0 Å². The largest absolute Gasteiger partial charge is 0.371 e. The van der Waals surface area contributed by atoms with Gasteiger partial charge in [-0.3, -0.25) is 4.67 Å². The van der Waals surface area contributed by atoms with Crippen LogP contribution in [0.25, 0.3) is 0 Å². The van der Waals surface area contributed by atoms with E-state index in [-0.39, 0.29) is 11.5 Å². The van der Waals surface area contributed by atoms with Crippen molar-refractivity contribution >= 4 is 34.8 Å². The Hall–Kier alpha value is -2.25. The summed E-state index contributed by atoms with van der Waals surface area (Å²) >= 11 is 0. The lowest BCUT2D eigenvalue weighted by molar-refractivity contribution is 0.345. The molecular weight excluding hydrogens is 571 g/mol. The summed E-state index contributed by atoms with van der Waals surface area (Å²) < 4.78 is 54.7. The molecule has 2 fully saturated rings. The minimum absolute atomic E-state index is 0.0456. The second kappa shape index (κ2) is 13.4. The SMILES string of the molecule is O=S(=O)(CCCCS(=O)(=O)c1cccc(C2CCN(c3ccccc3)CC2)c1)c1cccc(C2CCN(P)CC2)c1. The van der Waals surface area contributed by atoms with Crippen molar-refractivity contribution in [3.63, 3.8) is 0 Å². The van der Waals surface area contributed by atoms with Gasteiger partial charge in [-0.05, 0) is 97.9 Å². The van der Waals surface area contributed by atoms with Crippen LogP contribution in [-0.4, -0.2) is 59.2 Å². The van der Waals surface area contributed by atoms with E-state index in [0.29, 0.717) is 34.5 Å². The average molecular weight is 613 g/mol. The molecule has 5 rings (SSSR count). The van der Waals surface area contributed by atoms with Gasteiger partial charge < -0.3 is 4.90 Å². The summed E-state index contributed by atoms with van der Waals surface area (Å²) in [4.78, 5) is 3.07. The van der Waals surface area contributed by atoms with Crippen molar-refractivity contribution < 1.29 is 16.8 Å². The van der Waals surface area contributed by atoms with Crippen LogP contribution < -0.4 is 4.90 Å². The topological polar surface area (TPSA) is 74.8 Å². The number of rotatable bonds is 10. The molecule has 0 aliphatic carbocycles. The molecule has 220 valence electrons. The van der Waals surface area contributed by atoms with Crippen LogP contribution in [0.3, 0.4) is 0 Å². The quantitative estimate of drug-likeness (QED) is 0.205. The summed E-state index contributed by atoms with van der Waals surface area (Å²) in [7, 11) is -4.23. The monoisotopic (exact) mass is 612 g/mol. The molecule has 2 heterocycles. The van der Waals surface area contributed by atoms with Crippen molar-refractivity contribution in [1.82, 2.24) is 4.67 Å². The summed E-state index contributed by atoms with van der Waals surface area (Å²) in [6.45, 7) is 3.86. The summed E-state index contributed by atoms with van der Waals surface area (Å²) in [6.07, 6.45) is 4.61. The third-order valence-electron chi connectivity index (χ3n) is 8.60. The first-order valence-electron chi connectivity index (χ1n) is 14.7. The van der Waals surface area contributed by atoms with Crippen molar-refractivity contribution in [3.8, 4) is 0 Å². The number of hydrogen-bond acceptors (Lipinski definition) is 6. The van der Waals surface area contributed by atoms with Gasteiger partial charge in [0.05, 0.1) is 21.3 Å². The van der Waals surface area contributed by atoms with Crippen molar-refractivity contribution in [2.75, 3.05) is 42.6 Å². The van der Waals surface area contributed by atoms with E-state index in [1.54, 1.807) is 12.1 Å². The molecule has 0 radical (unpaired) electrons. The molecule has 2 aliphatic rings. The first kappa shape index (κ1) is 30.2. The molecule has 0 bridgehead atoms. The van der Waals surface area contributed by atoms with Crippen LogP contribution >= 0.6 is 9.39 Å². The maximum Gasteiger partial charge on any atom is 0.178 e. The van der Waals surface area contributed by atoms with E-state index in [1.165, 1.54) is 5.69 Å². The Morgan fingerprint density at radius 1 is 0.610 bits per heavy atom. The van der Waals surface area contributed by atoms with E-state index in [2.05, 4.69) is 43.2 Å². The lowest BCUT2D eigenvalue weighted by Crippen LogP contribution is -2.32. The molecule has 41 heavy (non-hydrogen) atoms. The molecule has 0 aromatic heterocycles. The van der Waals surface area contributed by atoms with Gasteiger partial charge in [0.2, 0.25) is 0 Å². The molecule has 9 heteroatoms. The van der Waals surface area contributed by atoms with Gasteiger partial charge in [0, 0.05) is 31.9 Å². The number of nitrogens with zero attached hydrogens (tertiary/aromatic N) is 2. The highest BCUT2D eigenvalue weighted by molar-refractivity contribution is 7.91. The number of unbranched alkanes of at least 4 members (excludes halogenated alkanes) is 1. The third-order valence-corrected chi connectivity index (χ3v) is 12.7. The number of anilines is 1. The zero-order chi connectivity index (χ0) is 28.9. The van der Waals surface area contributed by atoms with Gasteiger partial charge in [0.15, 0.2) is 19.7 Å². The number of para-hydroxylation sites is 1. The highest BCUT2D eigenvalue weighted by Gasteiger charge is 2.24. The first-order chi connectivity index (χ1) is 19.7. The van der Waals surface area contributed by atoms with Crippen molar-refractivity contribution in [3.05, 3.63) is 90.0 Å². The fourth-order valence-corrected chi connectivity index (χ4v) is 9.23. The fourth-order valence-electron chi connectivity index (χ4n) is 6.09. The van der Waals surface area contributed by atoms with Gasteiger partial charge in [-0.2, -0.15) is 0 Å². The lowest BCUT2D eigenvalue weighted by Gasteiger charge is -2.34. The van der Waals surface area contributed by atoms with E-state index in [4.69, 9.17) is 0 Å². The Morgan fingerprint density at radius 3 is 1.56 bits per heavy atom. The van der Waals surface area contributed by atoms with Gasteiger partial charge in [-0.25, -0.2) is 16.8 Å². The summed E-state index contributed by atoms with van der Waals surface area (Å²) in [5, 5.41) is 0. The van der Waals surface area contributed by atoms with Gasteiger partial charge >= 0.3 is 0 Å². The number of piperidine rings is 2. The van der Waals surface area contributed by atoms with Gasteiger partial charge in [-0.1, -0.05) is 51.9 Å². The predicted molar refractivity (Wildman–Crippen MR) is 170 cm³/mol. The molecule has 0 spiro atoms. The summed E-state index contributed by atoms with van der Waals surface area (Å²) in [5.41, 5.74) is 3.38. The Balaban J connectivity index is 1.14. The van der Waals surface area contributed by atoms with E-state index in [1.807, 2.05) is 42.5 Å². The molecule has 1 atom stereocenters. The second-order valence-electron chi connectivity index (χ2n) is 11.4. The molecule has 0 N–H and O–H groups in total. The van der Waals surface area contributed by atoms with Crippen LogP contribution in [0.15, 0.2) is 88.7 Å². The van der Waals surface area contributed by atoms with Crippen LogP contribution in [0, 0.1) is 0 Å². The van der Waals surface area contributed by atoms with Crippen LogP contribution in [-0.2, 0) is 19.7 Å². The second-order valence-corrected chi connectivity index (χ2v) is 16.3. The van der Waals surface area contributed by atoms with E-state index >= 15 is 0 Å². The highest BCUT2D eigenvalue weighted by atomic mass is 32.2. The van der Waals surface area contributed by atoms with E-state index < -0.39 is 19.7 Å². The number of hydrogen-bond donors (Lipinski definition) is 0. The van der Waals surface area contributed by atoms with Crippen LogP contribution in [0.4, 0.5) is 5.69 Å².